The molecule has 2 heterocycles. The zero-order valence-corrected chi connectivity index (χ0v) is 14.6. The fraction of sp³-hybridized carbons (Fsp3) is 0.158. The van der Waals surface area contributed by atoms with Gasteiger partial charge in [0.1, 0.15) is 24.0 Å². The van der Waals surface area contributed by atoms with Crippen molar-refractivity contribution in [3.63, 3.8) is 0 Å². The summed E-state index contributed by atoms with van der Waals surface area (Å²) in [6.45, 7) is 0.393. The van der Waals surface area contributed by atoms with Crippen molar-refractivity contribution < 1.29 is 14.3 Å². The number of esters is 1. The molecule has 3 aromatic rings. The summed E-state index contributed by atoms with van der Waals surface area (Å²) in [5, 5.41) is 11.3. The van der Waals surface area contributed by atoms with Gasteiger partial charge in [-0.3, -0.25) is 9.78 Å². The fourth-order valence-corrected chi connectivity index (χ4v) is 2.93. The Morgan fingerprint density at radius 2 is 2.00 bits per heavy atom. The lowest BCUT2D eigenvalue weighted by Crippen LogP contribution is -2.14. The van der Waals surface area contributed by atoms with Crippen molar-refractivity contribution in [3.05, 3.63) is 65.3 Å². The van der Waals surface area contributed by atoms with E-state index in [4.69, 9.17) is 14.7 Å². The van der Waals surface area contributed by atoms with Gasteiger partial charge in [-0.15, -0.1) is 11.3 Å². The maximum atomic E-state index is 11.9. The van der Waals surface area contributed by atoms with E-state index in [0.717, 1.165) is 10.7 Å². The molecule has 0 saturated carbocycles. The van der Waals surface area contributed by atoms with Gasteiger partial charge in [-0.2, -0.15) is 5.26 Å². The largest absolute Gasteiger partial charge is 0.490 e. The Morgan fingerprint density at radius 3 is 2.73 bits per heavy atom. The first-order valence-corrected chi connectivity index (χ1v) is 8.77. The van der Waals surface area contributed by atoms with Crippen LogP contribution in [0, 0.1) is 11.3 Å². The minimum Gasteiger partial charge on any atom is -0.490 e. The number of aromatic nitrogens is 2. The average molecular weight is 365 g/mol. The highest BCUT2D eigenvalue weighted by Gasteiger charge is 2.10. The van der Waals surface area contributed by atoms with E-state index in [1.54, 1.807) is 30.5 Å². The molecule has 0 aliphatic carbocycles. The summed E-state index contributed by atoms with van der Waals surface area (Å²) in [7, 11) is 0. The number of hydrogen-bond acceptors (Lipinski definition) is 7. The standard InChI is InChI=1S/C19H15N3O3S/c20-12-14-4-6-16(7-5-14)24-9-10-25-18(23)11-15-13-26-19(22-15)17-3-1-2-8-21-17/h1-8,13H,9-11H2. The van der Waals surface area contributed by atoms with Crippen molar-refractivity contribution in [1.82, 2.24) is 9.97 Å². The highest BCUT2D eigenvalue weighted by Crippen LogP contribution is 2.21. The van der Waals surface area contributed by atoms with Crippen molar-refractivity contribution >= 4 is 17.3 Å². The monoisotopic (exact) mass is 365 g/mol. The van der Waals surface area contributed by atoms with Gasteiger partial charge >= 0.3 is 5.97 Å². The maximum absolute atomic E-state index is 11.9. The zero-order valence-electron chi connectivity index (χ0n) is 13.8. The van der Waals surface area contributed by atoms with Crippen molar-refractivity contribution in [2.75, 3.05) is 13.2 Å². The molecule has 0 fully saturated rings. The third-order valence-corrected chi connectivity index (χ3v) is 4.27. The van der Waals surface area contributed by atoms with Crippen LogP contribution in [-0.4, -0.2) is 29.2 Å². The Balaban J connectivity index is 1.41. The summed E-state index contributed by atoms with van der Waals surface area (Å²) in [6.07, 6.45) is 1.82. The highest BCUT2D eigenvalue weighted by molar-refractivity contribution is 7.13. The molecule has 0 N–H and O–H groups in total. The second-order valence-electron chi connectivity index (χ2n) is 5.24. The first kappa shape index (κ1) is 17.6. The van der Waals surface area contributed by atoms with Crippen LogP contribution in [0.15, 0.2) is 54.0 Å². The molecule has 130 valence electrons. The number of nitrogens with zero attached hydrogens (tertiary/aromatic N) is 3. The van der Waals surface area contributed by atoms with Crippen molar-refractivity contribution in [3.8, 4) is 22.5 Å². The molecule has 0 atom stereocenters. The van der Waals surface area contributed by atoms with E-state index in [1.165, 1.54) is 11.3 Å². The van der Waals surface area contributed by atoms with E-state index in [-0.39, 0.29) is 25.6 Å². The molecule has 0 amide bonds. The lowest BCUT2D eigenvalue weighted by molar-refractivity contribution is -0.143. The summed E-state index contributed by atoms with van der Waals surface area (Å²) < 4.78 is 10.6. The van der Waals surface area contributed by atoms with Crippen LogP contribution < -0.4 is 4.74 Å². The Kier molecular flexibility index (Phi) is 5.91. The minimum atomic E-state index is -0.355. The molecular formula is C19H15N3O3S. The van der Waals surface area contributed by atoms with E-state index >= 15 is 0 Å². The molecule has 1 aromatic carbocycles. The molecule has 0 saturated heterocycles. The van der Waals surface area contributed by atoms with Crippen molar-refractivity contribution in [2.24, 2.45) is 0 Å². The van der Waals surface area contributed by atoms with E-state index in [1.807, 2.05) is 29.6 Å². The van der Waals surface area contributed by atoms with Crippen molar-refractivity contribution in [2.45, 2.75) is 6.42 Å². The predicted molar refractivity (Wildman–Crippen MR) is 96.7 cm³/mol. The summed E-state index contributed by atoms with van der Waals surface area (Å²) in [5.41, 5.74) is 2.01. The van der Waals surface area contributed by atoms with E-state index in [0.29, 0.717) is 17.0 Å². The lowest BCUT2D eigenvalue weighted by Gasteiger charge is -2.07. The zero-order chi connectivity index (χ0) is 18.2. The van der Waals surface area contributed by atoms with Gasteiger partial charge in [-0.1, -0.05) is 6.07 Å². The minimum absolute atomic E-state index is 0.111. The molecule has 0 aliphatic heterocycles. The van der Waals surface area contributed by atoms with Crippen LogP contribution in [0.2, 0.25) is 0 Å². The van der Waals surface area contributed by atoms with Gasteiger partial charge in [0.2, 0.25) is 0 Å². The van der Waals surface area contributed by atoms with E-state index in [2.05, 4.69) is 9.97 Å². The summed E-state index contributed by atoms with van der Waals surface area (Å²) in [4.78, 5) is 20.5. The van der Waals surface area contributed by atoms with Gasteiger partial charge < -0.3 is 9.47 Å². The van der Waals surface area contributed by atoms with E-state index in [9.17, 15) is 4.79 Å². The van der Waals surface area contributed by atoms with E-state index < -0.39 is 0 Å². The smallest absolute Gasteiger partial charge is 0.312 e. The molecule has 6 nitrogen and oxygen atoms in total. The second-order valence-corrected chi connectivity index (χ2v) is 6.10. The molecule has 0 spiro atoms. The van der Waals surface area contributed by atoms with Crippen LogP contribution in [0.3, 0.4) is 0 Å². The third kappa shape index (κ3) is 4.88. The van der Waals surface area contributed by atoms with Gasteiger partial charge in [0, 0.05) is 11.6 Å². The van der Waals surface area contributed by atoms with Crippen molar-refractivity contribution in [1.29, 1.82) is 5.26 Å². The average Bonchev–Trinajstić information content (AvgIpc) is 3.15. The predicted octanol–water partition coefficient (Wildman–Crippen LogP) is 3.24. The number of thiazole rings is 1. The van der Waals surface area contributed by atoms with Crippen LogP contribution in [0.4, 0.5) is 0 Å². The number of nitriles is 1. The van der Waals surface area contributed by atoms with Gasteiger partial charge in [0.05, 0.1) is 29.4 Å². The molecule has 26 heavy (non-hydrogen) atoms. The molecular weight excluding hydrogens is 350 g/mol. The Bertz CT molecular complexity index is 902. The fourth-order valence-electron chi connectivity index (χ4n) is 2.13. The summed E-state index contributed by atoms with van der Waals surface area (Å²) in [6, 6.07) is 14.4. The van der Waals surface area contributed by atoms with Crippen LogP contribution >= 0.6 is 11.3 Å². The number of carbonyl (C=O) groups is 1. The van der Waals surface area contributed by atoms with Gasteiger partial charge in [0.15, 0.2) is 0 Å². The quantitative estimate of drug-likeness (QED) is 0.472. The summed E-state index contributed by atoms with van der Waals surface area (Å²) >= 11 is 1.44. The Hall–Kier alpha value is -3.24. The molecule has 0 radical (unpaired) electrons. The number of ether oxygens (including phenoxy) is 2. The van der Waals surface area contributed by atoms with Crippen LogP contribution in [-0.2, 0) is 16.0 Å². The summed E-state index contributed by atoms with van der Waals surface area (Å²) in [5.74, 6) is 0.269. The van der Waals surface area contributed by atoms with Crippen LogP contribution in [0.25, 0.3) is 10.7 Å². The number of carbonyl (C=O) groups excluding carboxylic acids is 1. The molecule has 0 unspecified atom stereocenters. The second kappa shape index (κ2) is 8.74. The number of benzene rings is 1. The number of hydrogen-bond donors (Lipinski definition) is 0. The molecule has 3 rings (SSSR count). The van der Waals surface area contributed by atoms with Gasteiger partial charge in [0.25, 0.3) is 0 Å². The SMILES string of the molecule is N#Cc1ccc(OCCOC(=O)Cc2csc(-c3ccccn3)n2)cc1. The topological polar surface area (TPSA) is 85.1 Å². The number of rotatable bonds is 7. The third-order valence-electron chi connectivity index (χ3n) is 3.36. The van der Waals surface area contributed by atoms with Crippen LogP contribution in [0.5, 0.6) is 5.75 Å². The Labute approximate surface area is 154 Å². The maximum Gasteiger partial charge on any atom is 0.312 e. The molecule has 7 heteroatoms. The molecule has 0 bridgehead atoms. The molecule has 2 aromatic heterocycles. The first-order chi connectivity index (χ1) is 12.7. The lowest BCUT2D eigenvalue weighted by atomic mass is 10.2. The normalized spacial score (nSPS) is 10.1. The van der Waals surface area contributed by atoms with Crippen LogP contribution in [0.1, 0.15) is 11.3 Å². The van der Waals surface area contributed by atoms with Gasteiger partial charge in [-0.05, 0) is 36.4 Å². The first-order valence-electron chi connectivity index (χ1n) is 7.89. The highest BCUT2D eigenvalue weighted by atomic mass is 32.1. The Morgan fingerprint density at radius 1 is 1.15 bits per heavy atom. The van der Waals surface area contributed by atoms with Gasteiger partial charge in [-0.25, -0.2) is 4.98 Å². The molecule has 0 aliphatic rings. The number of pyridine rings is 1.